The summed E-state index contributed by atoms with van der Waals surface area (Å²) in [6.45, 7) is 1.98. The van der Waals surface area contributed by atoms with E-state index >= 15 is 0 Å². The van der Waals surface area contributed by atoms with Gasteiger partial charge in [-0.05, 0) is 18.9 Å². The highest BCUT2D eigenvalue weighted by Gasteiger charge is 2.15. The van der Waals surface area contributed by atoms with E-state index < -0.39 is 0 Å². The van der Waals surface area contributed by atoms with Crippen LogP contribution in [0.3, 0.4) is 0 Å². The van der Waals surface area contributed by atoms with E-state index in [0.717, 1.165) is 19.0 Å². The third-order valence-electron chi connectivity index (χ3n) is 4.22. The van der Waals surface area contributed by atoms with Gasteiger partial charge in [-0.2, -0.15) is 5.26 Å². The fourth-order valence-electron chi connectivity index (χ4n) is 2.92. The van der Waals surface area contributed by atoms with Crippen LogP contribution in [0.25, 0.3) is 6.08 Å². The van der Waals surface area contributed by atoms with Crippen LogP contribution in [0.4, 0.5) is 5.88 Å². The van der Waals surface area contributed by atoms with Crippen LogP contribution < -0.4 is 4.90 Å². The molecule has 0 amide bonds. The zero-order chi connectivity index (χ0) is 16.8. The minimum absolute atomic E-state index is 0.0815. The number of rotatable bonds is 4. The van der Waals surface area contributed by atoms with E-state index in [-0.39, 0.29) is 11.4 Å². The molecular formula is C20H20N2O2. The van der Waals surface area contributed by atoms with Gasteiger partial charge >= 0.3 is 0 Å². The Kier molecular flexibility index (Phi) is 5.12. The molecule has 1 aliphatic rings. The lowest BCUT2D eigenvalue weighted by atomic mass is 10.0. The van der Waals surface area contributed by atoms with E-state index in [9.17, 15) is 10.1 Å². The SMILES string of the molecule is N#C/C(=C\c1ccc(N2CCCCCC2)o1)C(=O)c1ccccc1. The molecule has 0 atom stereocenters. The fraction of sp³-hybridized carbons (Fsp3) is 0.300. The van der Waals surface area contributed by atoms with Crippen molar-refractivity contribution in [2.45, 2.75) is 25.7 Å². The molecule has 1 aromatic carbocycles. The van der Waals surface area contributed by atoms with Crippen molar-refractivity contribution in [2.75, 3.05) is 18.0 Å². The van der Waals surface area contributed by atoms with Crippen LogP contribution in [0, 0.1) is 11.3 Å². The topological polar surface area (TPSA) is 57.2 Å². The molecule has 0 aliphatic carbocycles. The highest BCUT2D eigenvalue weighted by atomic mass is 16.4. The minimum Gasteiger partial charge on any atom is -0.441 e. The largest absolute Gasteiger partial charge is 0.441 e. The Morgan fingerprint density at radius 3 is 2.42 bits per heavy atom. The van der Waals surface area contributed by atoms with Gasteiger partial charge in [0.25, 0.3) is 0 Å². The van der Waals surface area contributed by atoms with Gasteiger partial charge in [-0.15, -0.1) is 0 Å². The van der Waals surface area contributed by atoms with Crippen LogP contribution in [-0.4, -0.2) is 18.9 Å². The maximum Gasteiger partial charge on any atom is 0.203 e. The van der Waals surface area contributed by atoms with Gasteiger partial charge in [0.15, 0.2) is 5.88 Å². The van der Waals surface area contributed by atoms with Crippen molar-refractivity contribution in [1.29, 1.82) is 5.26 Å². The van der Waals surface area contributed by atoms with Crippen molar-refractivity contribution < 1.29 is 9.21 Å². The van der Waals surface area contributed by atoms with E-state index in [1.165, 1.54) is 31.8 Å². The lowest BCUT2D eigenvalue weighted by molar-refractivity contribution is 0.104. The van der Waals surface area contributed by atoms with Crippen molar-refractivity contribution in [3.05, 3.63) is 59.4 Å². The molecule has 2 aromatic rings. The van der Waals surface area contributed by atoms with Gasteiger partial charge in [-0.25, -0.2) is 0 Å². The van der Waals surface area contributed by atoms with Gasteiger partial charge in [0.2, 0.25) is 5.78 Å². The Morgan fingerprint density at radius 1 is 1.04 bits per heavy atom. The van der Waals surface area contributed by atoms with Crippen LogP contribution in [0.5, 0.6) is 0 Å². The molecule has 122 valence electrons. The Hall–Kier alpha value is -2.80. The standard InChI is InChI=1S/C20H20N2O2/c21-15-17(20(23)16-8-4-3-5-9-16)14-18-10-11-19(24-18)22-12-6-1-2-7-13-22/h3-5,8-11,14H,1-2,6-7,12-13H2/b17-14+. The van der Waals surface area contributed by atoms with Crippen molar-refractivity contribution in [3.8, 4) is 6.07 Å². The molecule has 0 unspecified atom stereocenters. The smallest absolute Gasteiger partial charge is 0.203 e. The Labute approximate surface area is 142 Å². The van der Waals surface area contributed by atoms with E-state index in [2.05, 4.69) is 4.90 Å². The zero-order valence-electron chi connectivity index (χ0n) is 13.6. The summed E-state index contributed by atoms with van der Waals surface area (Å²) in [6.07, 6.45) is 6.38. The summed E-state index contributed by atoms with van der Waals surface area (Å²) in [5.41, 5.74) is 0.586. The average Bonchev–Trinajstić information content (AvgIpc) is 2.92. The molecule has 24 heavy (non-hydrogen) atoms. The first-order chi connectivity index (χ1) is 11.8. The summed E-state index contributed by atoms with van der Waals surface area (Å²) in [7, 11) is 0. The lowest BCUT2D eigenvalue weighted by Crippen LogP contribution is -2.23. The minimum atomic E-state index is -0.286. The highest BCUT2D eigenvalue weighted by molar-refractivity contribution is 6.13. The number of nitriles is 1. The number of hydrogen-bond acceptors (Lipinski definition) is 4. The van der Waals surface area contributed by atoms with Crippen molar-refractivity contribution in [3.63, 3.8) is 0 Å². The number of furan rings is 1. The van der Waals surface area contributed by atoms with Crippen molar-refractivity contribution in [2.24, 2.45) is 0 Å². The molecule has 0 radical (unpaired) electrons. The number of Topliss-reactive ketones (excluding diaryl/α,β-unsaturated/α-hetero) is 1. The molecule has 1 aromatic heterocycles. The summed E-state index contributed by atoms with van der Waals surface area (Å²) in [4.78, 5) is 14.6. The first kappa shape index (κ1) is 16.1. The van der Waals surface area contributed by atoms with Gasteiger partial charge in [-0.1, -0.05) is 43.2 Å². The molecule has 3 rings (SSSR count). The second-order valence-electron chi connectivity index (χ2n) is 5.94. The molecule has 1 aliphatic heterocycles. The third kappa shape index (κ3) is 3.75. The zero-order valence-corrected chi connectivity index (χ0v) is 13.6. The normalized spacial score (nSPS) is 15.6. The van der Waals surface area contributed by atoms with Crippen molar-refractivity contribution in [1.82, 2.24) is 0 Å². The Morgan fingerprint density at radius 2 is 1.75 bits per heavy atom. The lowest BCUT2D eigenvalue weighted by Gasteiger charge is -2.18. The van der Waals surface area contributed by atoms with E-state index in [4.69, 9.17) is 4.42 Å². The number of carbonyl (C=O) groups excluding carboxylic acids is 1. The average molecular weight is 320 g/mol. The predicted molar refractivity (Wildman–Crippen MR) is 93.8 cm³/mol. The summed E-state index contributed by atoms with van der Waals surface area (Å²) < 4.78 is 5.84. The van der Waals surface area contributed by atoms with E-state index in [0.29, 0.717) is 11.3 Å². The maximum atomic E-state index is 12.4. The molecule has 1 fully saturated rings. The molecule has 0 saturated carbocycles. The van der Waals surface area contributed by atoms with Crippen LogP contribution in [-0.2, 0) is 0 Å². The monoisotopic (exact) mass is 320 g/mol. The molecule has 1 saturated heterocycles. The Bertz CT molecular complexity index is 760. The number of carbonyl (C=O) groups is 1. The summed E-state index contributed by atoms with van der Waals surface area (Å²) in [5, 5.41) is 9.32. The molecule has 0 bridgehead atoms. The van der Waals surface area contributed by atoms with Crippen LogP contribution in [0.15, 0.2) is 52.5 Å². The van der Waals surface area contributed by atoms with E-state index in [1.54, 1.807) is 24.3 Å². The van der Waals surface area contributed by atoms with Crippen LogP contribution in [0.2, 0.25) is 0 Å². The molecule has 4 heteroatoms. The quantitative estimate of drug-likeness (QED) is 0.474. The highest BCUT2D eigenvalue weighted by Crippen LogP contribution is 2.24. The van der Waals surface area contributed by atoms with Gasteiger partial charge in [0.1, 0.15) is 17.4 Å². The maximum absolute atomic E-state index is 12.4. The third-order valence-corrected chi connectivity index (χ3v) is 4.22. The number of allylic oxidation sites excluding steroid dienone is 1. The molecule has 0 N–H and O–H groups in total. The molecular weight excluding hydrogens is 300 g/mol. The first-order valence-electron chi connectivity index (χ1n) is 8.34. The predicted octanol–water partition coefficient (Wildman–Crippen LogP) is 4.45. The second kappa shape index (κ2) is 7.65. The number of ketones is 1. The molecule has 4 nitrogen and oxygen atoms in total. The number of anilines is 1. The second-order valence-corrected chi connectivity index (χ2v) is 5.94. The van der Waals surface area contributed by atoms with E-state index in [1.807, 2.05) is 24.3 Å². The molecule has 0 spiro atoms. The summed E-state index contributed by atoms with van der Waals surface area (Å²) >= 11 is 0. The fourth-order valence-corrected chi connectivity index (χ4v) is 2.92. The van der Waals surface area contributed by atoms with Crippen LogP contribution in [0.1, 0.15) is 41.8 Å². The Balaban J connectivity index is 1.79. The van der Waals surface area contributed by atoms with Gasteiger partial charge in [-0.3, -0.25) is 4.79 Å². The van der Waals surface area contributed by atoms with Gasteiger partial charge < -0.3 is 9.32 Å². The number of nitrogens with zero attached hydrogens (tertiary/aromatic N) is 2. The van der Waals surface area contributed by atoms with Gasteiger partial charge in [0.05, 0.1) is 0 Å². The van der Waals surface area contributed by atoms with Crippen molar-refractivity contribution >= 4 is 17.7 Å². The summed E-state index contributed by atoms with van der Waals surface area (Å²) in [5.74, 6) is 1.06. The van der Waals surface area contributed by atoms with Gasteiger partial charge in [0, 0.05) is 30.8 Å². The first-order valence-corrected chi connectivity index (χ1v) is 8.34. The van der Waals surface area contributed by atoms with Crippen LogP contribution >= 0.6 is 0 Å². The molecule has 2 heterocycles. The number of benzene rings is 1. The number of hydrogen-bond donors (Lipinski definition) is 0. The summed E-state index contributed by atoms with van der Waals surface area (Å²) in [6, 6.07) is 14.5.